The van der Waals surface area contributed by atoms with E-state index < -0.39 is 0 Å². The first-order chi connectivity index (χ1) is 20.4. The molecule has 0 amide bonds. The summed E-state index contributed by atoms with van der Waals surface area (Å²) in [6.07, 6.45) is 11.0. The Kier molecular flexibility index (Phi) is 17.2. The fourth-order valence-corrected chi connectivity index (χ4v) is 5.93. The van der Waals surface area contributed by atoms with Crippen LogP contribution in [0.5, 0.6) is 0 Å². The van der Waals surface area contributed by atoms with E-state index in [9.17, 15) is 0 Å². The first kappa shape index (κ1) is 38.2. The molecular weight excluding hydrogens is 516 g/mol. The zero-order chi connectivity index (χ0) is 32.7. The van der Waals surface area contributed by atoms with Crippen LogP contribution in [0.25, 0.3) is 11.1 Å². The Morgan fingerprint density at radius 2 is 1.49 bits per heavy atom. The fourth-order valence-electron chi connectivity index (χ4n) is 5.93. The molecule has 0 heteroatoms. The van der Waals surface area contributed by atoms with Crippen molar-refractivity contribution in [2.75, 3.05) is 0 Å². The summed E-state index contributed by atoms with van der Waals surface area (Å²) in [6.45, 7) is 36.2. The van der Waals surface area contributed by atoms with Crippen LogP contribution in [0.2, 0.25) is 0 Å². The van der Waals surface area contributed by atoms with Crippen molar-refractivity contribution in [3.63, 3.8) is 0 Å². The highest BCUT2D eigenvalue weighted by atomic mass is 14.3. The molecule has 0 aliphatic heterocycles. The monoisotopic (exact) mass is 581 g/mol. The lowest BCUT2D eigenvalue weighted by atomic mass is 9.78. The van der Waals surface area contributed by atoms with Gasteiger partial charge in [-0.3, -0.25) is 0 Å². The first-order valence-electron chi connectivity index (χ1n) is 17.0. The van der Waals surface area contributed by atoms with E-state index in [1.807, 2.05) is 13.8 Å². The molecule has 0 nitrogen and oxygen atoms in total. The molecule has 0 unspecified atom stereocenters. The van der Waals surface area contributed by atoms with Gasteiger partial charge in [-0.25, -0.2) is 0 Å². The minimum Gasteiger partial charge on any atom is -0.0958 e. The molecule has 0 spiro atoms. The standard InChI is InChI=1S/C26H34.C15H24.C2H6/c1-8-10-26(21(7)20(6)18(3)4)24-14-12-23(13-15-24)25-16-11-22(9-2)19(5)17-25;1-6-14-8-7-12(4)15(10-14)9-13(5)11(2)3;1-2/h11-17,21,26H,3,6,8-10H2,1-2,4-5,7H3;9,14H,2,6-8,10H2,1,3-5H3;1-2H3/b;13-9-;/t21-,26-;14-;/m00./s1. The third-order valence-corrected chi connectivity index (χ3v) is 9.32. The molecule has 1 aliphatic carbocycles. The maximum atomic E-state index is 4.27. The molecule has 0 saturated carbocycles. The Morgan fingerprint density at radius 1 is 0.884 bits per heavy atom. The summed E-state index contributed by atoms with van der Waals surface area (Å²) >= 11 is 0. The Labute approximate surface area is 267 Å². The molecule has 0 fully saturated rings. The third kappa shape index (κ3) is 11.6. The average Bonchev–Trinajstić information content (AvgIpc) is 3.01. The molecule has 43 heavy (non-hydrogen) atoms. The summed E-state index contributed by atoms with van der Waals surface area (Å²) in [5, 5.41) is 0. The molecule has 0 radical (unpaired) electrons. The Morgan fingerprint density at radius 3 is 1.98 bits per heavy atom. The molecule has 236 valence electrons. The summed E-state index contributed by atoms with van der Waals surface area (Å²) in [5.41, 5.74) is 14.8. The minimum atomic E-state index is 0.421. The number of hydrogen-bond donors (Lipinski definition) is 0. The number of benzene rings is 2. The van der Waals surface area contributed by atoms with Crippen molar-refractivity contribution in [2.24, 2.45) is 11.8 Å². The molecule has 2 aromatic carbocycles. The van der Waals surface area contributed by atoms with Crippen molar-refractivity contribution in [1.29, 1.82) is 0 Å². The molecule has 0 saturated heterocycles. The molecule has 0 bridgehead atoms. The minimum absolute atomic E-state index is 0.421. The van der Waals surface area contributed by atoms with Gasteiger partial charge in [0.1, 0.15) is 0 Å². The van der Waals surface area contributed by atoms with Crippen molar-refractivity contribution < 1.29 is 0 Å². The van der Waals surface area contributed by atoms with Crippen LogP contribution < -0.4 is 0 Å². The van der Waals surface area contributed by atoms with Crippen LogP contribution in [-0.4, -0.2) is 0 Å². The van der Waals surface area contributed by atoms with Crippen LogP contribution in [0, 0.1) is 18.8 Å². The van der Waals surface area contributed by atoms with Gasteiger partial charge < -0.3 is 0 Å². The lowest BCUT2D eigenvalue weighted by Crippen LogP contribution is -2.12. The van der Waals surface area contributed by atoms with Crippen molar-refractivity contribution in [1.82, 2.24) is 0 Å². The van der Waals surface area contributed by atoms with Crippen LogP contribution in [-0.2, 0) is 6.42 Å². The highest BCUT2D eigenvalue weighted by molar-refractivity contribution is 5.65. The van der Waals surface area contributed by atoms with Gasteiger partial charge in [-0.2, -0.15) is 0 Å². The molecular formula is C43H64. The second-order valence-corrected chi connectivity index (χ2v) is 12.5. The van der Waals surface area contributed by atoms with E-state index in [1.54, 1.807) is 11.1 Å². The van der Waals surface area contributed by atoms with Gasteiger partial charge in [0, 0.05) is 0 Å². The molecule has 0 heterocycles. The van der Waals surface area contributed by atoms with Gasteiger partial charge in [-0.1, -0.05) is 139 Å². The average molecular weight is 581 g/mol. The summed E-state index contributed by atoms with van der Waals surface area (Å²) in [6, 6.07) is 16.0. The molecule has 0 N–H and O–H groups in total. The Bertz CT molecular complexity index is 1240. The van der Waals surface area contributed by atoms with Crippen LogP contribution >= 0.6 is 0 Å². The van der Waals surface area contributed by atoms with E-state index in [4.69, 9.17) is 0 Å². The zero-order valence-corrected chi connectivity index (χ0v) is 29.9. The second-order valence-electron chi connectivity index (χ2n) is 12.5. The van der Waals surface area contributed by atoms with Crippen molar-refractivity contribution in [2.45, 2.75) is 127 Å². The van der Waals surface area contributed by atoms with E-state index in [0.29, 0.717) is 11.8 Å². The van der Waals surface area contributed by atoms with E-state index in [0.717, 1.165) is 17.9 Å². The van der Waals surface area contributed by atoms with Crippen LogP contribution in [0.3, 0.4) is 0 Å². The summed E-state index contributed by atoms with van der Waals surface area (Å²) in [5.74, 6) is 1.82. The topological polar surface area (TPSA) is 0 Å². The normalized spacial score (nSPS) is 16.3. The van der Waals surface area contributed by atoms with Gasteiger partial charge >= 0.3 is 0 Å². The number of hydrogen-bond acceptors (Lipinski definition) is 0. The van der Waals surface area contributed by atoms with Crippen LogP contribution in [0.1, 0.15) is 130 Å². The maximum Gasteiger partial charge on any atom is -0.00960 e. The predicted molar refractivity (Wildman–Crippen MR) is 197 cm³/mol. The molecule has 1 aliphatic rings. The van der Waals surface area contributed by atoms with Crippen LogP contribution in [0.15, 0.2) is 102 Å². The number of aryl methyl sites for hydroxylation is 2. The van der Waals surface area contributed by atoms with Gasteiger partial charge in [-0.15, -0.1) is 0 Å². The molecule has 2 aromatic rings. The number of allylic oxidation sites excluding steroid dienone is 7. The number of rotatable bonds is 11. The highest BCUT2D eigenvalue weighted by Gasteiger charge is 2.21. The summed E-state index contributed by atoms with van der Waals surface area (Å²) < 4.78 is 0. The largest absolute Gasteiger partial charge is 0.0958 e. The highest BCUT2D eigenvalue weighted by Crippen LogP contribution is 2.36. The predicted octanol–water partition coefficient (Wildman–Crippen LogP) is 13.9. The quantitative estimate of drug-likeness (QED) is 0.232. The summed E-state index contributed by atoms with van der Waals surface area (Å²) in [7, 11) is 0. The smallest absolute Gasteiger partial charge is 0.00960 e. The lowest BCUT2D eigenvalue weighted by Gasteiger charge is -2.26. The third-order valence-electron chi connectivity index (χ3n) is 9.32. The first-order valence-corrected chi connectivity index (χ1v) is 17.0. The maximum absolute atomic E-state index is 4.27. The zero-order valence-electron chi connectivity index (χ0n) is 29.9. The van der Waals surface area contributed by atoms with Crippen LogP contribution in [0.4, 0.5) is 0 Å². The van der Waals surface area contributed by atoms with Gasteiger partial charge in [0.25, 0.3) is 0 Å². The van der Waals surface area contributed by atoms with Gasteiger partial charge in [0.05, 0.1) is 0 Å². The van der Waals surface area contributed by atoms with E-state index >= 15 is 0 Å². The van der Waals surface area contributed by atoms with Crippen molar-refractivity contribution in [3.05, 3.63) is 118 Å². The van der Waals surface area contributed by atoms with E-state index in [-0.39, 0.29) is 0 Å². The van der Waals surface area contributed by atoms with Crippen molar-refractivity contribution >= 4 is 0 Å². The Balaban J connectivity index is 0.000000462. The van der Waals surface area contributed by atoms with E-state index in [1.165, 1.54) is 83.1 Å². The second kappa shape index (κ2) is 19.4. The summed E-state index contributed by atoms with van der Waals surface area (Å²) in [4.78, 5) is 0. The SMILES string of the molecule is C=C(C)/C(C)=C\C1=C(C)CC[C@H](CC)C1.C=C(C)C(=C)[C@H](C)[C@H](CCC)c1ccc(-c2ccc(CC)c(C)c2)cc1.CC. The van der Waals surface area contributed by atoms with E-state index in [2.05, 4.69) is 131 Å². The van der Waals surface area contributed by atoms with Crippen molar-refractivity contribution in [3.8, 4) is 11.1 Å². The Hall–Kier alpha value is -2.86. The van der Waals surface area contributed by atoms with Gasteiger partial charge in [-0.05, 0) is 129 Å². The fraction of sp³-hybridized carbons (Fsp3) is 0.488. The van der Waals surface area contributed by atoms with Gasteiger partial charge in [0.15, 0.2) is 0 Å². The van der Waals surface area contributed by atoms with Gasteiger partial charge in [0.2, 0.25) is 0 Å². The molecule has 3 atom stereocenters. The molecule has 3 rings (SSSR count). The lowest BCUT2D eigenvalue weighted by molar-refractivity contribution is 0.446. The molecule has 0 aromatic heterocycles.